The van der Waals surface area contributed by atoms with Crippen molar-refractivity contribution < 1.29 is 31.9 Å². The summed E-state index contributed by atoms with van der Waals surface area (Å²) >= 11 is 0. The van der Waals surface area contributed by atoms with Crippen LogP contribution in [0.2, 0.25) is 0 Å². The van der Waals surface area contributed by atoms with Gasteiger partial charge in [-0.1, -0.05) is 0 Å². The number of hydrogen-bond acceptors (Lipinski definition) is 2. The fourth-order valence-corrected chi connectivity index (χ4v) is 3.19. The molecule has 0 amide bonds. The molecule has 0 spiro atoms. The van der Waals surface area contributed by atoms with E-state index in [1.807, 2.05) is 0 Å². The number of rotatable bonds is 4. The molecule has 9 heteroatoms. The summed E-state index contributed by atoms with van der Waals surface area (Å²) in [5.41, 5.74) is -2.42. The maximum atomic E-state index is 13.3. The van der Waals surface area contributed by atoms with E-state index in [2.05, 4.69) is 5.10 Å². The van der Waals surface area contributed by atoms with Crippen LogP contribution in [0.5, 0.6) is 0 Å². The number of aromatic carboxylic acids is 1. The largest absolute Gasteiger partial charge is 0.477 e. The fraction of sp³-hybridized carbons (Fsp3) is 0.714. The van der Waals surface area contributed by atoms with Gasteiger partial charge in [0.25, 0.3) is 0 Å². The Hall–Kier alpha value is -1.67. The number of hydrogen-bond donors (Lipinski definition) is 1. The molecule has 0 aromatic carbocycles. The van der Waals surface area contributed by atoms with Crippen molar-refractivity contribution >= 4 is 5.97 Å². The first kappa shape index (κ1) is 16.2. The fourth-order valence-electron chi connectivity index (χ4n) is 3.19. The molecule has 0 unspecified atom stereocenters. The van der Waals surface area contributed by atoms with Gasteiger partial charge in [0.2, 0.25) is 5.92 Å². The Bertz CT molecular complexity index is 634. The lowest BCUT2D eigenvalue weighted by Gasteiger charge is -2.13. The average molecular weight is 338 g/mol. The standard InChI is InChI=1S/C14H15F5N2O2/c15-13(16)4-3-7(5-13)6-21-11(12(22)23)9(14(17,18)19)10(20-21)8-1-2-8/h7-8H,1-6H2,(H,22,23)/t7-/m1/s1. The normalized spacial score (nSPS) is 24.1. The highest BCUT2D eigenvalue weighted by Crippen LogP contribution is 2.47. The van der Waals surface area contributed by atoms with Gasteiger partial charge in [0, 0.05) is 25.3 Å². The van der Waals surface area contributed by atoms with Gasteiger partial charge in [0.1, 0.15) is 5.56 Å². The highest BCUT2D eigenvalue weighted by atomic mass is 19.4. The maximum Gasteiger partial charge on any atom is 0.420 e. The van der Waals surface area contributed by atoms with Crippen LogP contribution in [0.25, 0.3) is 0 Å². The lowest BCUT2D eigenvalue weighted by molar-refractivity contribution is -0.138. The van der Waals surface area contributed by atoms with Gasteiger partial charge >= 0.3 is 12.1 Å². The Kier molecular flexibility index (Phi) is 3.64. The second-order valence-electron chi connectivity index (χ2n) is 6.33. The first-order valence-electron chi connectivity index (χ1n) is 7.37. The Morgan fingerprint density at radius 3 is 2.39 bits per heavy atom. The van der Waals surface area contributed by atoms with Gasteiger partial charge in [-0.2, -0.15) is 18.3 Å². The molecule has 3 rings (SSSR count). The molecule has 0 aliphatic heterocycles. The number of nitrogens with zero attached hydrogens (tertiary/aromatic N) is 2. The Morgan fingerprint density at radius 1 is 1.30 bits per heavy atom. The van der Waals surface area contributed by atoms with Crippen LogP contribution in [0.3, 0.4) is 0 Å². The highest BCUT2D eigenvalue weighted by molar-refractivity contribution is 5.88. The zero-order chi connectivity index (χ0) is 17.0. The molecule has 2 saturated carbocycles. The van der Waals surface area contributed by atoms with Crippen LogP contribution < -0.4 is 0 Å². The van der Waals surface area contributed by atoms with E-state index in [4.69, 9.17) is 0 Å². The SMILES string of the molecule is O=C(O)c1c(C(F)(F)F)c(C2CC2)nn1C[C@@H]1CCC(F)(F)C1. The molecule has 1 atom stereocenters. The van der Waals surface area contributed by atoms with Gasteiger partial charge in [-0.25, -0.2) is 13.6 Å². The van der Waals surface area contributed by atoms with Crippen molar-refractivity contribution in [2.24, 2.45) is 5.92 Å². The summed E-state index contributed by atoms with van der Waals surface area (Å²) in [6.45, 7) is -0.229. The van der Waals surface area contributed by atoms with E-state index in [0.717, 1.165) is 4.68 Å². The number of carbonyl (C=O) groups is 1. The number of carboxylic acids is 1. The van der Waals surface area contributed by atoms with E-state index in [-0.39, 0.29) is 25.1 Å². The van der Waals surface area contributed by atoms with Gasteiger partial charge in [-0.05, 0) is 25.2 Å². The van der Waals surface area contributed by atoms with Crippen LogP contribution in [-0.2, 0) is 12.7 Å². The third-order valence-electron chi connectivity index (χ3n) is 4.37. The third-order valence-corrected chi connectivity index (χ3v) is 4.37. The number of aromatic nitrogens is 2. The van der Waals surface area contributed by atoms with Crippen molar-refractivity contribution in [1.29, 1.82) is 0 Å². The topological polar surface area (TPSA) is 55.1 Å². The Labute approximate surface area is 128 Å². The van der Waals surface area contributed by atoms with E-state index in [1.165, 1.54) is 0 Å². The zero-order valence-corrected chi connectivity index (χ0v) is 12.0. The molecule has 0 saturated heterocycles. The summed E-state index contributed by atoms with van der Waals surface area (Å²) < 4.78 is 67.1. The molecule has 2 aliphatic rings. The van der Waals surface area contributed by atoms with Crippen LogP contribution in [0, 0.1) is 5.92 Å². The summed E-state index contributed by atoms with van der Waals surface area (Å²) in [5.74, 6) is -5.54. The van der Waals surface area contributed by atoms with E-state index in [0.29, 0.717) is 12.8 Å². The molecule has 2 fully saturated rings. The second-order valence-corrected chi connectivity index (χ2v) is 6.33. The molecule has 4 nitrogen and oxygen atoms in total. The molecular weight excluding hydrogens is 323 g/mol. The van der Waals surface area contributed by atoms with Gasteiger partial charge in [0.05, 0.1) is 5.69 Å². The first-order valence-corrected chi connectivity index (χ1v) is 7.37. The van der Waals surface area contributed by atoms with Gasteiger partial charge < -0.3 is 5.11 Å². The first-order chi connectivity index (χ1) is 10.6. The van der Waals surface area contributed by atoms with Gasteiger partial charge in [-0.3, -0.25) is 4.68 Å². The van der Waals surface area contributed by atoms with Crippen molar-refractivity contribution in [1.82, 2.24) is 9.78 Å². The van der Waals surface area contributed by atoms with Gasteiger partial charge in [0.15, 0.2) is 5.69 Å². The quantitative estimate of drug-likeness (QED) is 0.847. The summed E-state index contributed by atoms with van der Waals surface area (Å²) in [5, 5.41) is 13.0. The van der Waals surface area contributed by atoms with Crippen LogP contribution in [0.15, 0.2) is 0 Å². The van der Waals surface area contributed by atoms with Crippen molar-refractivity contribution in [2.75, 3.05) is 0 Å². The van der Waals surface area contributed by atoms with Crippen LogP contribution >= 0.6 is 0 Å². The minimum absolute atomic E-state index is 0.145. The minimum atomic E-state index is -4.83. The van der Waals surface area contributed by atoms with E-state index >= 15 is 0 Å². The third kappa shape index (κ3) is 3.18. The molecule has 1 aromatic rings. The van der Waals surface area contributed by atoms with Gasteiger partial charge in [-0.15, -0.1) is 0 Å². The van der Waals surface area contributed by atoms with Crippen LogP contribution in [0.1, 0.15) is 59.8 Å². The Balaban J connectivity index is 1.98. The summed E-state index contributed by atoms with van der Waals surface area (Å²) in [6, 6.07) is 0. The summed E-state index contributed by atoms with van der Waals surface area (Å²) in [7, 11) is 0. The lowest BCUT2D eigenvalue weighted by Crippen LogP contribution is -2.19. The van der Waals surface area contributed by atoms with E-state index < -0.39 is 47.6 Å². The molecule has 128 valence electrons. The van der Waals surface area contributed by atoms with Crippen LogP contribution in [0.4, 0.5) is 22.0 Å². The van der Waals surface area contributed by atoms with Crippen molar-refractivity contribution in [3.05, 3.63) is 17.0 Å². The molecule has 0 radical (unpaired) electrons. The molecule has 1 N–H and O–H groups in total. The molecule has 1 aromatic heterocycles. The van der Waals surface area contributed by atoms with E-state index in [1.54, 1.807) is 0 Å². The highest BCUT2D eigenvalue weighted by Gasteiger charge is 2.47. The van der Waals surface area contributed by atoms with Crippen molar-refractivity contribution in [3.8, 4) is 0 Å². The number of alkyl halides is 5. The predicted molar refractivity (Wildman–Crippen MR) is 68.5 cm³/mol. The average Bonchev–Trinajstić information content (AvgIpc) is 3.08. The van der Waals surface area contributed by atoms with Crippen LogP contribution in [-0.4, -0.2) is 26.8 Å². The molecular formula is C14H15F5N2O2. The smallest absolute Gasteiger partial charge is 0.420 e. The molecule has 2 aliphatic carbocycles. The number of halogens is 5. The molecule has 1 heterocycles. The maximum absolute atomic E-state index is 13.3. The lowest BCUT2D eigenvalue weighted by atomic mass is 10.1. The zero-order valence-electron chi connectivity index (χ0n) is 12.0. The van der Waals surface area contributed by atoms with Crippen molar-refractivity contribution in [2.45, 2.75) is 56.7 Å². The monoisotopic (exact) mass is 338 g/mol. The molecule has 23 heavy (non-hydrogen) atoms. The summed E-state index contributed by atoms with van der Waals surface area (Å²) in [4.78, 5) is 11.3. The predicted octanol–water partition coefficient (Wildman–Crippen LogP) is 3.91. The second kappa shape index (κ2) is 5.17. The molecule has 0 bridgehead atoms. The van der Waals surface area contributed by atoms with Crippen molar-refractivity contribution in [3.63, 3.8) is 0 Å². The van der Waals surface area contributed by atoms with E-state index in [9.17, 15) is 31.9 Å². The number of carboxylic acid groups (broad SMARTS) is 1. The Morgan fingerprint density at radius 2 is 1.96 bits per heavy atom. The summed E-state index contributed by atoms with van der Waals surface area (Å²) in [6.07, 6.45) is -4.41. The minimum Gasteiger partial charge on any atom is -0.477 e.